The first-order valence-electron chi connectivity index (χ1n) is 31.4. The van der Waals surface area contributed by atoms with Gasteiger partial charge in [-0.2, -0.15) is 0 Å². The lowest BCUT2D eigenvalue weighted by Crippen LogP contribution is -3.12. The van der Waals surface area contributed by atoms with E-state index in [-0.39, 0.29) is 74.4 Å². The van der Waals surface area contributed by atoms with Crippen molar-refractivity contribution in [1.82, 2.24) is 15.5 Å². The van der Waals surface area contributed by atoms with Crippen LogP contribution in [0.1, 0.15) is 190 Å². The first-order chi connectivity index (χ1) is 41.0. The molecule has 31 heteroatoms. The van der Waals surface area contributed by atoms with Gasteiger partial charge in [0, 0.05) is 35.5 Å². The highest BCUT2D eigenvalue weighted by Gasteiger charge is 2.47. The number of amides is 2. The molecule has 4 rings (SSSR count). The summed E-state index contributed by atoms with van der Waals surface area (Å²) in [5.41, 5.74) is 25.0. The molecule has 4 aliphatic heterocycles. The van der Waals surface area contributed by atoms with Crippen LogP contribution < -0.4 is 20.4 Å². The van der Waals surface area contributed by atoms with Crippen molar-refractivity contribution in [1.29, 1.82) is 0 Å². The fourth-order valence-corrected chi connectivity index (χ4v) is 10.9. The number of hydrogen-bond donors (Lipinski definition) is 6. The van der Waals surface area contributed by atoms with Crippen molar-refractivity contribution in [3.05, 3.63) is 31.3 Å². The Bertz CT molecular complexity index is 2000. The number of hydrogen-bond acceptors (Lipinski definition) is 16. The average Bonchev–Trinajstić information content (AvgIpc) is 3.17. The number of aliphatic imine (C=N–C) groups is 1. The number of ether oxygens (including phenoxy) is 4. The largest absolute Gasteiger partial charge is 0.756 e. The zero-order chi connectivity index (χ0) is 66.7. The Hall–Kier alpha value is -3.71. The molecule has 2 amide bonds. The number of carbonyl (C=O) groups excluding carboxylic acids is 2. The standard InChI is InChI=1S/2C12H27N.2C10H19N4O6P.C10H16N4O2.CH3F.CH4/c2*1-4-7-10-13(11-8-5-2)12-9-6-3;2*1-5-6(2)9(13-7(3)15)10(20-21(16,17)18)19-8(5)4-12-14-11;1-5-6(2)9-10(15-7(3)13-9)16-8(5)4-12-14-11;1-2;/h2*4-12H2,1-3H3;2*5-6,8-10H,4H2,1-3H3,(H,13,15)(H2,16,17,18);5-6,8-10H,4H2,1-3H3;1H3;1H4/i;;;;;1D;. The van der Waals surface area contributed by atoms with Crippen molar-refractivity contribution < 1.29 is 76.9 Å². The molecule has 6 N–H and O–H groups in total. The van der Waals surface area contributed by atoms with Crippen molar-refractivity contribution in [3.63, 3.8) is 0 Å². The van der Waals surface area contributed by atoms with Crippen LogP contribution in [-0.4, -0.2) is 159 Å². The summed E-state index contributed by atoms with van der Waals surface area (Å²) in [5.74, 6) is -0.0467. The maximum atomic E-state index is 11.2. The molecule has 0 aromatic rings. The number of quaternary nitrogens is 1. The van der Waals surface area contributed by atoms with Crippen molar-refractivity contribution in [2.45, 2.75) is 244 Å². The molecule has 0 saturated carbocycles. The molecule has 28 nitrogen and oxygen atoms in total. The van der Waals surface area contributed by atoms with E-state index >= 15 is 0 Å². The molecule has 0 bridgehead atoms. The molecule has 3 fully saturated rings. The molecule has 0 radical (unpaired) electrons. The van der Waals surface area contributed by atoms with Crippen LogP contribution in [0.2, 0.25) is 0 Å². The second kappa shape index (κ2) is 50.0. The summed E-state index contributed by atoms with van der Waals surface area (Å²) in [6, 6.07) is -1.39. The first kappa shape index (κ1) is 85.4. The Labute approximate surface area is 521 Å². The Morgan fingerprint density at radius 1 is 0.655 bits per heavy atom. The Morgan fingerprint density at radius 3 is 1.30 bits per heavy atom. The number of phosphoric ester groups is 2. The van der Waals surface area contributed by atoms with Crippen LogP contribution in [0.15, 0.2) is 20.3 Å². The third-order valence-electron chi connectivity index (χ3n) is 15.7. The second-order valence-corrected chi connectivity index (χ2v) is 24.7. The van der Waals surface area contributed by atoms with Crippen LogP contribution in [0.3, 0.4) is 0 Å². The van der Waals surface area contributed by atoms with E-state index in [1.165, 1.54) is 130 Å². The first-order valence-corrected chi connectivity index (χ1v) is 33.7. The highest BCUT2D eigenvalue weighted by molar-refractivity contribution is 7.46. The number of unbranched alkanes of at least 4 members (excludes halogenated alkanes) is 6. The maximum Gasteiger partial charge on any atom is 0.472 e. The molecular weight excluding hydrogens is 1170 g/mol. The van der Waals surface area contributed by atoms with Gasteiger partial charge in [0.05, 0.1) is 78.2 Å². The number of phosphoric acid groups is 2. The molecule has 4 aliphatic rings. The van der Waals surface area contributed by atoms with E-state index in [0.29, 0.717) is 24.3 Å². The van der Waals surface area contributed by atoms with Gasteiger partial charge in [-0.15, -0.1) is 0 Å². The van der Waals surface area contributed by atoms with E-state index in [4.69, 9.17) is 51.6 Å². The lowest BCUT2D eigenvalue weighted by Gasteiger charge is -2.45. The number of carbonyl (C=O) groups is 2. The van der Waals surface area contributed by atoms with Crippen LogP contribution in [0.4, 0.5) is 4.39 Å². The summed E-state index contributed by atoms with van der Waals surface area (Å²) >= 11 is 0. The van der Waals surface area contributed by atoms with Crippen molar-refractivity contribution >= 4 is 33.4 Å². The van der Waals surface area contributed by atoms with Gasteiger partial charge in [-0.25, -0.2) is 9.56 Å². The molecule has 16 atom stereocenters. The molecule has 87 heavy (non-hydrogen) atoms. The van der Waals surface area contributed by atoms with E-state index in [9.17, 15) is 28.0 Å². The van der Waals surface area contributed by atoms with E-state index in [2.05, 4.69) is 115 Å². The monoisotopic (exact) mass is 1290 g/mol. The van der Waals surface area contributed by atoms with Crippen LogP contribution in [-0.2, 0) is 46.7 Å². The molecule has 0 aromatic heterocycles. The SMILES string of the molecule is C.CC(=O)NC1C(OP(=O)(O)O)OC(CN=[N+]=[N-])C(C)C1C.CC(=O)NC1C(OP(=O)([O-])O)OC(CN=[N+]=[N-])C(C)C1C.CC1=NC2C(O1)OC(CN=[N+]=[N-])C(C)C2C.CCCCN(CCCC)CCCC.CCCC[NH+](CCCC)CCCC.[2H]CF. The summed E-state index contributed by atoms with van der Waals surface area (Å²) < 4.78 is 68.7. The van der Waals surface area contributed by atoms with Gasteiger partial charge in [-0.05, 0) is 110 Å². The van der Waals surface area contributed by atoms with Crippen molar-refractivity contribution in [3.8, 4) is 0 Å². The van der Waals surface area contributed by atoms with Gasteiger partial charge in [-0.3, -0.25) is 27.6 Å². The Balaban J connectivity index is -0.00000103. The predicted molar refractivity (Wildman–Crippen MR) is 335 cm³/mol. The number of alkyl halides is 1. The highest BCUT2D eigenvalue weighted by Crippen LogP contribution is 2.43. The van der Waals surface area contributed by atoms with Gasteiger partial charge >= 0.3 is 7.82 Å². The molecule has 510 valence electrons. The lowest BCUT2D eigenvalue weighted by atomic mass is 9.82. The number of halogens is 1. The van der Waals surface area contributed by atoms with Gasteiger partial charge in [0.15, 0.2) is 18.5 Å². The molecule has 0 aromatic carbocycles. The lowest BCUT2D eigenvalue weighted by molar-refractivity contribution is -0.900. The minimum atomic E-state index is -5.04. The summed E-state index contributed by atoms with van der Waals surface area (Å²) in [6.45, 7) is 38.1. The third kappa shape index (κ3) is 37.9. The van der Waals surface area contributed by atoms with Gasteiger partial charge < -0.3 is 59.0 Å². The minimum Gasteiger partial charge on any atom is -0.756 e. The van der Waals surface area contributed by atoms with Gasteiger partial charge in [-0.1, -0.05) is 144 Å². The van der Waals surface area contributed by atoms with Crippen molar-refractivity contribution in [2.24, 2.45) is 55.8 Å². The van der Waals surface area contributed by atoms with Gasteiger partial charge in [0.2, 0.25) is 18.1 Å². The summed E-state index contributed by atoms with van der Waals surface area (Å²) in [5, 5.41) is 15.5. The van der Waals surface area contributed by atoms with Crippen LogP contribution >= 0.6 is 15.6 Å². The molecular formula is C56H115FN14O14P2. The number of nitrogens with zero attached hydrogens (tertiary/aromatic N) is 11. The minimum absolute atomic E-state index is 0. The molecule has 16 unspecified atom stereocenters. The molecule has 0 spiro atoms. The van der Waals surface area contributed by atoms with Gasteiger partial charge in [0.25, 0.3) is 7.82 Å². The number of fused-ring (bicyclic) bond motifs is 1. The van der Waals surface area contributed by atoms with Gasteiger partial charge in [0.1, 0.15) is 6.04 Å². The van der Waals surface area contributed by atoms with Crippen molar-refractivity contribution in [2.75, 3.05) is 66.1 Å². The summed E-state index contributed by atoms with van der Waals surface area (Å²) in [4.78, 5) is 77.1. The average molecular weight is 1290 g/mol. The van der Waals surface area contributed by atoms with Crippen LogP contribution in [0.25, 0.3) is 31.3 Å². The fraction of sp³-hybridized carbons (Fsp3) is 0.946. The summed E-state index contributed by atoms with van der Waals surface area (Å²) in [7, 11) is -10.8. The third-order valence-corrected chi connectivity index (χ3v) is 16.6. The molecule has 0 aliphatic carbocycles. The van der Waals surface area contributed by atoms with E-state index in [1.807, 2.05) is 25.7 Å². The maximum absolute atomic E-state index is 11.2. The second-order valence-electron chi connectivity index (χ2n) is 22.4. The quantitative estimate of drug-likeness (QED) is 0.0168. The number of azide groups is 3. The van der Waals surface area contributed by atoms with E-state index in [1.54, 1.807) is 13.8 Å². The Kier molecular flexibility index (Phi) is 49.0. The smallest absolute Gasteiger partial charge is 0.472 e. The highest BCUT2D eigenvalue weighted by atomic mass is 31.2. The zero-order valence-electron chi connectivity index (χ0n) is 55.2. The fourth-order valence-electron chi connectivity index (χ4n) is 9.98. The number of nitrogens with one attached hydrogen (secondary N) is 3. The number of rotatable bonds is 30. The van der Waals surface area contributed by atoms with E-state index < -0.39 is 59.7 Å². The molecule has 3 saturated heterocycles. The predicted octanol–water partition coefficient (Wildman–Crippen LogP) is 10.5. The van der Waals surface area contributed by atoms with Crippen LogP contribution in [0, 0.1) is 35.5 Å². The van der Waals surface area contributed by atoms with E-state index in [0.717, 1.165) is 0 Å². The van der Waals surface area contributed by atoms with Crippen LogP contribution in [0.5, 0.6) is 0 Å². The zero-order valence-corrected chi connectivity index (χ0v) is 56.0. The topological polar surface area (TPSA) is 398 Å². The molecule has 4 heterocycles. The Morgan fingerprint density at radius 2 is 0.989 bits per heavy atom. The normalized spacial score (nSPS) is 27.7. The summed E-state index contributed by atoms with van der Waals surface area (Å²) in [6.07, 6.45) is 12.1.